The second kappa shape index (κ2) is 3.88. The standard InChI is InChI=1S/C12H16N4/c13-9-5-6-16(7-9)8-12-14-10-3-1-2-4-11(10)15-12/h1-4,9H,5-8,13H2,(H,14,15)/t9-/m0/s1. The van der Waals surface area contributed by atoms with Gasteiger partial charge in [0.2, 0.25) is 0 Å². The first-order valence-corrected chi connectivity index (χ1v) is 5.73. The van der Waals surface area contributed by atoms with Crippen molar-refractivity contribution in [2.24, 2.45) is 5.73 Å². The molecule has 2 aromatic rings. The largest absolute Gasteiger partial charge is 0.341 e. The van der Waals surface area contributed by atoms with Crippen LogP contribution in [0.25, 0.3) is 11.0 Å². The number of benzene rings is 1. The number of aromatic amines is 1. The highest BCUT2D eigenvalue weighted by atomic mass is 15.2. The second-order valence-electron chi connectivity index (χ2n) is 4.48. The van der Waals surface area contributed by atoms with Crippen LogP contribution < -0.4 is 5.73 Å². The first kappa shape index (κ1) is 9.81. The number of nitrogens with two attached hydrogens (primary N) is 1. The van der Waals surface area contributed by atoms with Crippen molar-refractivity contribution in [2.45, 2.75) is 19.0 Å². The molecule has 2 heterocycles. The molecule has 0 aliphatic carbocycles. The summed E-state index contributed by atoms with van der Waals surface area (Å²) in [5.41, 5.74) is 8.04. The van der Waals surface area contributed by atoms with Crippen molar-refractivity contribution in [3.63, 3.8) is 0 Å². The van der Waals surface area contributed by atoms with Crippen LogP contribution in [-0.4, -0.2) is 34.0 Å². The zero-order chi connectivity index (χ0) is 11.0. The Balaban J connectivity index is 1.79. The van der Waals surface area contributed by atoms with Crippen LogP contribution in [0.5, 0.6) is 0 Å². The number of imidazole rings is 1. The topological polar surface area (TPSA) is 57.9 Å². The molecule has 0 bridgehead atoms. The van der Waals surface area contributed by atoms with Gasteiger partial charge in [0.15, 0.2) is 0 Å². The highest BCUT2D eigenvalue weighted by Gasteiger charge is 2.19. The van der Waals surface area contributed by atoms with E-state index in [1.54, 1.807) is 0 Å². The zero-order valence-electron chi connectivity index (χ0n) is 9.19. The van der Waals surface area contributed by atoms with Gasteiger partial charge in [0.1, 0.15) is 5.82 Å². The number of nitrogens with zero attached hydrogens (tertiary/aromatic N) is 2. The number of rotatable bonds is 2. The summed E-state index contributed by atoms with van der Waals surface area (Å²) in [6.07, 6.45) is 1.10. The smallest absolute Gasteiger partial charge is 0.121 e. The summed E-state index contributed by atoms with van der Waals surface area (Å²) in [7, 11) is 0. The maximum Gasteiger partial charge on any atom is 0.121 e. The number of hydrogen-bond acceptors (Lipinski definition) is 3. The lowest BCUT2D eigenvalue weighted by Crippen LogP contribution is -2.26. The van der Waals surface area contributed by atoms with Gasteiger partial charge in [0, 0.05) is 19.1 Å². The van der Waals surface area contributed by atoms with Gasteiger partial charge in [-0.3, -0.25) is 4.90 Å². The van der Waals surface area contributed by atoms with Gasteiger partial charge in [-0.25, -0.2) is 4.98 Å². The van der Waals surface area contributed by atoms with Crippen LogP contribution >= 0.6 is 0 Å². The molecule has 1 aromatic heterocycles. The Morgan fingerprint density at radius 2 is 2.31 bits per heavy atom. The van der Waals surface area contributed by atoms with Crippen molar-refractivity contribution >= 4 is 11.0 Å². The van der Waals surface area contributed by atoms with Crippen molar-refractivity contribution < 1.29 is 0 Å². The van der Waals surface area contributed by atoms with Crippen LogP contribution in [0, 0.1) is 0 Å². The van der Waals surface area contributed by atoms with E-state index in [0.717, 1.165) is 42.9 Å². The Morgan fingerprint density at radius 3 is 3.06 bits per heavy atom. The molecule has 1 aromatic carbocycles. The van der Waals surface area contributed by atoms with Gasteiger partial charge in [-0.05, 0) is 18.6 Å². The van der Waals surface area contributed by atoms with Crippen LogP contribution in [0.1, 0.15) is 12.2 Å². The molecule has 1 saturated heterocycles. The molecule has 1 aliphatic rings. The van der Waals surface area contributed by atoms with E-state index in [2.05, 4.69) is 20.9 Å². The van der Waals surface area contributed by atoms with E-state index in [4.69, 9.17) is 5.73 Å². The summed E-state index contributed by atoms with van der Waals surface area (Å²) >= 11 is 0. The Hall–Kier alpha value is -1.39. The zero-order valence-corrected chi connectivity index (χ0v) is 9.19. The van der Waals surface area contributed by atoms with Crippen molar-refractivity contribution in [3.8, 4) is 0 Å². The number of nitrogens with one attached hydrogen (secondary N) is 1. The molecule has 1 aliphatic heterocycles. The monoisotopic (exact) mass is 216 g/mol. The third-order valence-corrected chi connectivity index (χ3v) is 3.12. The van der Waals surface area contributed by atoms with Gasteiger partial charge in [0.05, 0.1) is 17.6 Å². The minimum atomic E-state index is 0.337. The van der Waals surface area contributed by atoms with Gasteiger partial charge in [-0.1, -0.05) is 12.1 Å². The fourth-order valence-electron chi connectivity index (χ4n) is 2.30. The highest BCUT2D eigenvalue weighted by Crippen LogP contribution is 2.14. The lowest BCUT2D eigenvalue weighted by atomic mass is 10.3. The molecule has 3 N–H and O–H groups in total. The van der Waals surface area contributed by atoms with Gasteiger partial charge in [0.25, 0.3) is 0 Å². The molecule has 0 amide bonds. The summed E-state index contributed by atoms with van der Waals surface area (Å²) in [5, 5.41) is 0. The first-order chi connectivity index (χ1) is 7.81. The predicted molar refractivity (Wildman–Crippen MR) is 64.0 cm³/mol. The van der Waals surface area contributed by atoms with Crippen molar-refractivity contribution in [3.05, 3.63) is 30.1 Å². The summed E-state index contributed by atoms with van der Waals surface area (Å²) in [6.45, 7) is 2.94. The molecule has 0 unspecified atom stereocenters. The van der Waals surface area contributed by atoms with Crippen LogP contribution in [-0.2, 0) is 6.54 Å². The van der Waals surface area contributed by atoms with E-state index in [1.165, 1.54) is 0 Å². The maximum atomic E-state index is 5.88. The van der Waals surface area contributed by atoms with Crippen molar-refractivity contribution in [1.29, 1.82) is 0 Å². The van der Waals surface area contributed by atoms with E-state index in [-0.39, 0.29) is 0 Å². The lowest BCUT2D eigenvalue weighted by Gasteiger charge is -2.12. The fraction of sp³-hybridized carbons (Fsp3) is 0.417. The van der Waals surface area contributed by atoms with E-state index >= 15 is 0 Å². The van der Waals surface area contributed by atoms with E-state index < -0.39 is 0 Å². The molecule has 0 saturated carbocycles. The fourth-order valence-corrected chi connectivity index (χ4v) is 2.30. The van der Waals surface area contributed by atoms with Crippen molar-refractivity contribution in [2.75, 3.05) is 13.1 Å². The molecule has 4 nitrogen and oxygen atoms in total. The normalized spacial score (nSPS) is 21.9. The minimum Gasteiger partial charge on any atom is -0.341 e. The molecule has 0 radical (unpaired) electrons. The average molecular weight is 216 g/mol. The molecule has 3 rings (SSSR count). The molecule has 1 fully saturated rings. The Morgan fingerprint density at radius 1 is 1.44 bits per heavy atom. The molecule has 84 valence electrons. The predicted octanol–water partition coefficient (Wildman–Crippen LogP) is 1.10. The molecular weight excluding hydrogens is 200 g/mol. The number of para-hydroxylation sites is 2. The van der Waals surface area contributed by atoms with E-state index in [1.807, 2.05) is 18.2 Å². The second-order valence-corrected chi connectivity index (χ2v) is 4.48. The Bertz CT molecular complexity index is 457. The number of aromatic nitrogens is 2. The average Bonchev–Trinajstić information content (AvgIpc) is 2.84. The number of likely N-dealkylation sites (tertiary alicyclic amines) is 1. The summed E-state index contributed by atoms with van der Waals surface area (Å²) in [5.74, 6) is 1.04. The molecule has 16 heavy (non-hydrogen) atoms. The molecule has 1 atom stereocenters. The molecular formula is C12H16N4. The van der Waals surface area contributed by atoms with Gasteiger partial charge in [-0.2, -0.15) is 0 Å². The number of H-pyrrole nitrogens is 1. The Labute approximate surface area is 94.5 Å². The van der Waals surface area contributed by atoms with Crippen LogP contribution in [0.15, 0.2) is 24.3 Å². The van der Waals surface area contributed by atoms with Gasteiger partial charge < -0.3 is 10.7 Å². The Kier molecular flexibility index (Phi) is 2.38. The van der Waals surface area contributed by atoms with Crippen LogP contribution in [0.3, 0.4) is 0 Å². The highest BCUT2D eigenvalue weighted by molar-refractivity contribution is 5.74. The van der Waals surface area contributed by atoms with E-state index in [9.17, 15) is 0 Å². The van der Waals surface area contributed by atoms with Crippen LogP contribution in [0.4, 0.5) is 0 Å². The number of hydrogen-bond donors (Lipinski definition) is 2. The third-order valence-electron chi connectivity index (χ3n) is 3.12. The lowest BCUT2D eigenvalue weighted by molar-refractivity contribution is 0.319. The maximum absolute atomic E-state index is 5.88. The molecule has 4 heteroatoms. The van der Waals surface area contributed by atoms with Gasteiger partial charge in [-0.15, -0.1) is 0 Å². The summed E-state index contributed by atoms with van der Waals surface area (Å²) < 4.78 is 0. The first-order valence-electron chi connectivity index (χ1n) is 5.73. The van der Waals surface area contributed by atoms with E-state index in [0.29, 0.717) is 6.04 Å². The van der Waals surface area contributed by atoms with Gasteiger partial charge >= 0.3 is 0 Å². The SMILES string of the molecule is N[C@H]1CCN(Cc2nc3ccccc3[nH]2)C1. The third kappa shape index (κ3) is 1.81. The quantitative estimate of drug-likeness (QED) is 0.790. The van der Waals surface area contributed by atoms with Crippen LogP contribution in [0.2, 0.25) is 0 Å². The minimum absolute atomic E-state index is 0.337. The summed E-state index contributed by atoms with van der Waals surface area (Å²) in [4.78, 5) is 10.3. The summed E-state index contributed by atoms with van der Waals surface area (Å²) in [6, 6.07) is 8.46. The van der Waals surface area contributed by atoms with Crippen molar-refractivity contribution in [1.82, 2.24) is 14.9 Å². The number of fused-ring (bicyclic) bond motifs is 1. The molecule has 0 spiro atoms.